The molecule has 2 aliphatic rings. The number of benzene rings is 3. The van der Waals surface area contributed by atoms with Crippen molar-refractivity contribution in [2.45, 2.75) is 32.4 Å². The Kier molecular flexibility index (Phi) is 7.73. The van der Waals surface area contributed by atoms with Crippen molar-refractivity contribution in [2.75, 3.05) is 13.1 Å². The number of carboxylic acids is 1. The second kappa shape index (κ2) is 11.8. The second-order valence-electron chi connectivity index (χ2n) is 10.7. The molecule has 0 aliphatic carbocycles. The number of carbonyl (C=O) groups excluding carboxylic acids is 3. The number of hydrogen-bond acceptors (Lipinski definition) is 4. The molecule has 0 saturated carbocycles. The lowest BCUT2D eigenvalue weighted by atomic mass is 10.0. The Hall–Kier alpha value is -4.89. The van der Waals surface area contributed by atoms with Gasteiger partial charge in [-0.3, -0.25) is 14.4 Å². The van der Waals surface area contributed by atoms with Gasteiger partial charge in [-0.05, 0) is 60.9 Å². The quantitative estimate of drug-likeness (QED) is 0.242. The Balaban J connectivity index is 0.000000162. The van der Waals surface area contributed by atoms with Crippen LogP contribution in [0, 0.1) is 0 Å². The van der Waals surface area contributed by atoms with Crippen molar-refractivity contribution in [3.8, 4) is 0 Å². The van der Waals surface area contributed by atoms with E-state index in [1.165, 1.54) is 0 Å². The predicted octanol–water partition coefficient (Wildman–Crippen LogP) is 5.33. The lowest BCUT2D eigenvalue weighted by Gasteiger charge is -2.07. The number of ketones is 1. The number of aryl methyl sites for hydroxylation is 2. The third kappa shape index (κ3) is 5.76. The number of hydrogen-bond donors (Lipinski definition) is 3. The smallest absolute Gasteiger partial charge is 0.335 e. The van der Waals surface area contributed by atoms with E-state index in [-0.39, 0.29) is 23.2 Å². The molecule has 0 saturated heterocycles. The minimum Gasteiger partial charge on any atom is -0.478 e. The van der Waals surface area contributed by atoms with Crippen LogP contribution in [0.1, 0.15) is 60.1 Å². The van der Waals surface area contributed by atoms with Crippen LogP contribution < -0.4 is 10.6 Å². The van der Waals surface area contributed by atoms with Gasteiger partial charge in [0.25, 0.3) is 11.8 Å². The Morgan fingerprint density at radius 3 is 1.86 bits per heavy atom. The summed E-state index contributed by atoms with van der Waals surface area (Å²) in [4.78, 5) is 47.6. The minimum absolute atomic E-state index is 0.0396. The van der Waals surface area contributed by atoms with Crippen LogP contribution in [0.25, 0.3) is 21.8 Å². The van der Waals surface area contributed by atoms with E-state index in [4.69, 9.17) is 16.7 Å². The van der Waals surface area contributed by atoms with Crippen LogP contribution in [0.2, 0.25) is 5.02 Å². The first-order chi connectivity index (χ1) is 20.8. The fourth-order valence-electron chi connectivity index (χ4n) is 5.67. The Morgan fingerprint density at radius 1 is 0.744 bits per heavy atom. The van der Waals surface area contributed by atoms with Crippen molar-refractivity contribution < 1.29 is 24.3 Å². The van der Waals surface area contributed by atoms with Gasteiger partial charge in [0.05, 0.1) is 5.56 Å². The fourth-order valence-corrected chi connectivity index (χ4v) is 5.88. The third-order valence-electron chi connectivity index (χ3n) is 7.78. The van der Waals surface area contributed by atoms with Crippen LogP contribution in [0.5, 0.6) is 0 Å². The van der Waals surface area contributed by atoms with Gasteiger partial charge in [0.2, 0.25) is 0 Å². The number of nitrogens with one attached hydrogen (secondary N) is 2. The molecular formula is C33H29ClN4O5. The molecule has 10 heteroatoms. The van der Waals surface area contributed by atoms with E-state index >= 15 is 0 Å². The summed E-state index contributed by atoms with van der Waals surface area (Å²) in [6.07, 6.45) is 2.03. The Morgan fingerprint density at radius 2 is 1.30 bits per heavy atom. The predicted molar refractivity (Wildman–Crippen MR) is 164 cm³/mol. The van der Waals surface area contributed by atoms with Gasteiger partial charge in [0.1, 0.15) is 11.4 Å². The van der Waals surface area contributed by atoms with Gasteiger partial charge >= 0.3 is 5.97 Å². The number of carbonyl (C=O) groups is 4. The summed E-state index contributed by atoms with van der Waals surface area (Å²) in [6, 6.07) is 21.6. The number of carboxylic acid groups (broad SMARTS) is 1. The summed E-state index contributed by atoms with van der Waals surface area (Å²) in [6.45, 7) is 2.82. The number of rotatable bonds is 4. The molecule has 3 N–H and O–H groups in total. The average Bonchev–Trinajstić information content (AvgIpc) is 3.42. The molecule has 218 valence electrons. The number of aromatic nitrogens is 2. The summed E-state index contributed by atoms with van der Waals surface area (Å²) in [7, 11) is 0. The van der Waals surface area contributed by atoms with Crippen molar-refractivity contribution in [1.82, 2.24) is 19.8 Å². The van der Waals surface area contributed by atoms with Crippen molar-refractivity contribution >= 4 is 57.0 Å². The molecule has 2 aliphatic heterocycles. The molecular weight excluding hydrogens is 568 g/mol. The highest BCUT2D eigenvalue weighted by Crippen LogP contribution is 2.25. The SMILES string of the molecule is O=C(Cc1cccc(Cl)c1)c1ccc2cc3n(c2c1)CCCNC3=O.O=C(O)c1ccc2cc3n(c2c1)CCCNC3=O. The van der Waals surface area contributed by atoms with Gasteiger partial charge < -0.3 is 24.9 Å². The topological polar surface area (TPSA) is 122 Å². The van der Waals surface area contributed by atoms with Crippen LogP contribution in [-0.2, 0) is 19.5 Å². The van der Waals surface area contributed by atoms with E-state index in [0.717, 1.165) is 53.3 Å². The molecule has 0 fully saturated rings. The summed E-state index contributed by atoms with van der Waals surface area (Å²) >= 11 is 5.99. The number of fused-ring (bicyclic) bond motifs is 6. The van der Waals surface area contributed by atoms with Crippen molar-refractivity contribution in [1.29, 1.82) is 0 Å². The molecule has 5 aromatic rings. The van der Waals surface area contributed by atoms with E-state index in [1.807, 2.05) is 57.7 Å². The number of amides is 2. The molecule has 0 radical (unpaired) electrons. The molecule has 3 aromatic carbocycles. The van der Waals surface area contributed by atoms with Gasteiger partial charge in [0, 0.05) is 65.0 Å². The van der Waals surface area contributed by atoms with Crippen LogP contribution in [0.4, 0.5) is 0 Å². The van der Waals surface area contributed by atoms with Crippen LogP contribution >= 0.6 is 11.6 Å². The standard InChI is InChI=1S/C20H17ClN2O2.C13H12N2O3/c21-16-4-1-3-13(9-16)10-19(24)15-6-5-14-11-18-20(25)22-7-2-8-23(18)17(14)12-15;16-12-11-6-8-2-3-9(13(17)18)7-10(8)15(11)5-1-4-14-12/h1,3-6,9,11-12H,2,7-8,10H2,(H,22,25);2-3,6-7H,1,4-5H2,(H,14,16)(H,17,18). The zero-order valence-corrected chi connectivity index (χ0v) is 24.0. The molecule has 7 rings (SSSR count). The molecule has 4 heterocycles. The first-order valence-corrected chi connectivity index (χ1v) is 14.5. The maximum absolute atomic E-state index is 12.7. The summed E-state index contributed by atoms with van der Waals surface area (Å²) in [5.74, 6) is -1.07. The van der Waals surface area contributed by atoms with Gasteiger partial charge in [-0.2, -0.15) is 0 Å². The molecule has 43 heavy (non-hydrogen) atoms. The molecule has 0 bridgehead atoms. The van der Waals surface area contributed by atoms with Crippen molar-refractivity contribution in [3.05, 3.63) is 106 Å². The number of aromatic carboxylic acids is 1. The molecule has 9 nitrogen and oxygen atoms in total. The van der Waals surface area contributed by atoms with Gasteiger partial charge in [-0.15, -0.1) is 0 Å². The second-order valence-corrected chi connectivity index (χ2v) is 11.1. The zero-order valence-electron chi connectivity index (χ0n) is 23.2. The van der Waals surface area contributed by atoms with E-state index in [2.05, 4.69) is 10.6 Å². The maximum atomic E-state index is 12.7. The third-order valence-corrected chi connectivity index (χ3v) is 8.02. The lowest BCUT2D eigenvalue weighted by Crippen LogP contribution is -2.22. The van der Waals surface area contributed by atoms with Crippen LogP contribution in [-0.4, -0.2) is 50.9 Å². The lowest BCUT2D eigenvalue weighted by molar-refractivity contribution is 0.0696. The van der Waals surface area contributed by atoms with E-state index in [0.29, 0.717) is 41.5 Å². The highest BCUT2D eigenvalue weighted by Gasteiger charge is 2.20. The minimum atomic E-state index is -0.953. The Bertz CT molecular complexity index is 1920. The normalized spacial score (nSPS) is 14.4. The molecule has 2 amide bonds. The monoisotopic (exact) mass is 596 g/mol. The average molecular weight is 597 g/mol. The number of nitrogens with zero attached hydrogens (tertiary/aromatic N) is 2. The highest BCUT2D eigenvalue weighted by atomic mass is 35.5. The number of halogens is 1. The van der Waals surface area contributed by atoms with Crippen LogP contribution in [0.3, 0.4) is 0 Å². The molecule has 0 unspecified atom stereocenters. The largest absolute Gasteiger partial charge is 0.478 e. The zero-order chi connectivity index (χ0) is 30.1. The first kappa shape index (κ1) is 28.2. The first-order valence-electron chi connectivity index (χ1n) is 14.1. The summed E-state index contributed by atoms with van der Waals surface area (Å²) in [5, 5.41) is 17.2. The van der Waals surface area contributed by atoms with Crippen molar-refractivity contribution in [2.24, 2.45) is 0 Å². The molecule has 0 spiro atoms. The fraction of sp³-hybridized carbons (Fsp3) is 0.212. The van der Waals surface area contributed by atoms with Gasteiger partial charge in [0.15, 0.2) is 5.78 Å². The van der Waals surface area contributed by atoms with Gasteiger partial charge in [-0.1, -0.05) is 41.9 Å². The summed E-state index contributed by atoms with van der Waals surface area (Å²) < 4.78 is 3.90. The highest BCUT2D eigenvalue weighted by molar-refractivity contribution is 6.30. The van der Waals surface area contributed by atoms with E-state index in [9.17, 15) is 19.2 Å². The van der Waals surface area contributed by atoms with E-state index < -0.39 is 5.97 Å². The maximum Gasteiger partial charge on any atom is 0.335 e. The molecule has 2 aromatic heterocycles. The Labute approximate surface area is 252 Å². The summed E-state index contributed by atoms with van der Waals surface area (Å²) in [5.41, 5.74) is 4.79. The van der Waals surface area contributed by atoms with Crippen LogP contribution in [0.15, 0.2) is 72.8 Å². The van der Waals surface area contributed by atoms with Crippen molar-refractivity contribution in [3.63, 3.8) is 0 Å². The van der Waals surface area contributed by atoms with E-state index in [1.54, 1.807) is 24.3 Å². The van der Waals surface area contributed by atoms with Gasteiger partial charge in [-0.25, -0.2) is 4.79 Å². The molecule has 0 atom stereocenters. The number of Topliss-reactive ketones (excluding diaryl/α,β-unsaturated/α-hetero) is 1.